The van der Waals surface area contributed by atoms with Gasteiger partial charge in [0.2, 0.25) is 0 Å². The number of aliphatic hydroxyl groups excluding tert-OH is 1. The van der Waals surface area contributed by atoms with Gasteiger partial charge in [0.05, 0.1) is 13.2 Å². The number of rotatable bonds is 5. The van der Waals surface area contributed by atoms with E-state index in [1.807, 2.05) is 59.5 Å². The summed E-state index contributed by atoms with van der Waals surface area (Å²) in [6.07, 6.45) is 5.91. The minimum atomic E-state index is -0.212. The van der Waals surface area contributed by atoms with Gasteiger partial charge in [0, 0.05) is 42.5 Å². The number of carbonyl (C=O) groups is 1. The van der Waals surface area contributed by atoms with E-state index in [1.165, 1.54) is 6.42 Å². The molecule has 160 valence electrons. The van der Waals surface area contributed by atoms with Gasteiger partial charge in [0.25, 0.3) is 5.91 Å². The van der Waals surface area contributed by atoms with Crippen LogP contribution in [0.4, 0.5) is 5.69 Å². The van der Waals surface area contributed by atoms with Crippen LogP contribution in [0.1, 0.15) is 48.9 Å². The van der Waals surface area contributed by atoms with Gasteiger partial charge >= 0.3 is 0 Å². The second-order valence-corrected chi connectivity index (χ2v) is 8.43. The minimum Gasteiger partial charge on any atom is -0.497 e. The lowest BCUT2D eigenvalue weighted by Gasteiger charge is -2.44. The summed E-state index contributed by atoms with van der Waals surface area (Å²) >= 11 is 0. The molecule has 0 unspecified atom stereocenters. The molecule has 0 bridgehead atoms. The SMILES string of the molecule is COc1cccc(N(C(=O)c2ccccc2)C2CCN([C@@H]3CCCC[C@H]3O)CC2)c1. The third kappa shape index (κ3) is 4.52. The second kappa shape index (κ2) is 9.63. The summed E-state index contributed by atoms with van der Waals surface area (Å²) in [6.45, 7) is 1.82. The molecule has 30 heavy (non-hydrogen) atoms. The maximum atomic E-state index is 13.5. The van der Waals surface area contributed by atoms with Crippen molar-refractivity contribution in [2.75, 3.05) is 25.1 Å². The average Bonchev–Trinajstić information content (AvgIpc) is 2.81. The lowest BCUT2D eigenvalue weighted by atomic mass is 9.89. The fourth-order valence-electron chi connectivity index (χ4n) is 4.97. The number of methoxy groups -OCH3 is 1. The van der Waals surface area contributed by atoms with E-state index in [0.29, 0.717) is 5.56 Å². The van der Waals surface area contributed by atoms with Crippen LogP contribution in [-0.2, 0) is 0 Å². The molecule has 2 aromatic carbocycles. The van der Waals surface area contributed by atoms with Gasteiger partial charge in [-0.3, -0.25) is 9.69 Å². The van der Waals surface area contributed by atoms with Gasteiger partial charge in [0.15, 0.2) is 0 Å². The Morgan fingerprint density at radius 2 is 1.73 bits per heavy atom. The van der Waals surface area contributed by atoms with Crippen molar-refractivity contribution in [2.24, 2.45) is 0 Å². The Labute approximate surface area is 179 Å². The first-order chi connectivity index (χ1) is 14.7. The highest BCUT2D eigenvalue weighted by Gasteiger charge is 2.35. The normalized spacial score (nSPS) is 23.1. The zero-order valence-electron chi connectivity index (χ0n) is 17.7. The minimum absolute atomic E-state index is 0.0278. The van der Waals surface area contributed by atoms with Crippen LogP contribution >= 0.6 is 0 Å². The number of likely N-dealkylation sites (tertiary alicyclic amines) is 1. The number of aliphatic hydroxyl groups is 1. The fraction of sp³-hybridized carbons (Fsp3) is 0.480. The summed E-state index contributed by atoms with van der Waals surface area (Å²) in [5.74, 6) is 0.779. The van der Waals surface area contributed by atoms with Gasteiger partial charge in [0.1, 0.15) is 5.75 Å². The number of piperidine rings is 1. The average molecular weight is 409 g/mol. The predicted octanol–water partition coefficient (Wildman–Crippen LogP) is 4.11. The maximum absolute atomic E-state index is 13.5. The Morgan fingerprint density at radius 1 is 1.00 bits per heavy atom. The van der Waals surface area contributed by atoms with Crippen LogP contribution in [0.2, 0.25) is 0 Å². The van der Waals surface area contributed by atoms with Crippen LogP contribution < -0.4 is 9.64 Å². The molecule has 2 fully saturated rings. The highest BCUT2D eigenvalue weighted by molar-refractivity contribution is 6.06. The molecule has 4 rings (SSSR count). The zero-order chi connectivity index (χ0) is 20.9. The van der Waals surface area contributed by atoms with Crippen molar-refractivity contribution in [2.45, 2.75) is 56.7 Å². The molecule has 1 aliphatic heterocycles. The molecule has 0 spiro atoms. The second-order valence-electron chi connectivity index (χ2n) is 8.43. The number of ether oxygens (including phenoxy) is 1. The smallest absolute Gasteiger partial charge is 0.258 e. The van der Waals surface area contributed by atoms with E-state index >= 15 is 0 Å². The Balaban J connectivity index is 1.55. The van der Waals surface area contributed by atoms with Crippen molar-refractivity contribution in [3.05, 3.63) is 60.2 Å². The van der Waals surface area contributed by atoms with Gasteiger partial charge in [-0.15, -0.1) is 0 Å². The summed E-state index contributed by atoms with van der Waals surface area (Å²) in [6, 6.07) is 17.7. The number of benzene rings is 2. The molecule has 5 nitrogen and oxygen atoms in total. The first-order valence-electron chi connectivity index (χ1n) is 11.1. The Bertz CT molecular complexity index is 833. The molecular weight excluding hydrogens is 376 g/mol. The first kappa shape index (κ1) is 20.9. The van der Waals surface area contributed by atoms with Crippen LogP contribution in [-0.4, -0.2) is 54.3 Å². The molecule has 1 N–H and O–H groups in total. The van der Waals surface area contributed by atoms with Crippen molar-refractivity contribution in [3.8, 4) is 5.75 Å². The number of amides is 1. The standard InChI is InChI=1S/C25H32N2O3/c1-30-22-11-7-10-21(18-22)27(25(29)19-8-3-2-4-9-19)20-14-16-26(17-15-20)23-12-5-6-13-24(23)28/h2-4,7-11,18,20,23-24,28H,5-6,12-17H2,1H3/t23-,24-/m1/s1. The van der Waals surface area contributed by atoms with E-state index in [1.54, 1.807) is 7.11 Å². The zero-order valence-corrected chi connectivity index (χ0v) is 17.7. The van der Waals surface area contributed by atoms with Crippen LogP contribution in [0.3, 0.4) is 0 Å². The maximum Gasteiger partial charge on any atom is 0.258 e. The molecule has 0 aromatic heterocycles. The van der Waals surface area contributed by atoms with Gasteiger partial charge in [-0.25, -0.2) is 0 Å². The molecule has 1 heterocycles. The van der Waals surface area contributed by atoms with Crippen LogP contribution in [0, 0.1) is 0 Å². The highest BCUT2D eigenvalue weighted by atomic mass is 16.5. The molecule has 1 saturated carbocycles. The van der Waals surface area contributed by atoms with Gasteiger partial charge in [-0.2, -0.15) is 0 Å². The fourth-order valence-corrected chi connectivity index (χ4v) is 4.97. The monoisotopic (exact) mass is 408 g/mol. The molecule has 1 saturated heterocycles. The molecule has 2 aliphatic rings. The molecule has 2 atom stereocenters. The largest absolute Gasteiger partial charge is 0.497 e. The first-order valence-corrected chi connectivity index (χ1v) is 11.1. The van der Waals surface area contributed by atoms with E-state index in [0.717, 1.165) is 56.6 Å². The number of nitrogens with zero attached hydrogens (tertiary/aromatic N) is 2. The highest BCUT2D eigenvalue weighted by Crippen LogP contribution is 2.31. The predicted molar refractivity (Wildman–Crippen MR) is 119 cm³/mol. The Kier molecular flexibility index (Phi) is 6.70. The molecule has 1 aliphatic carbocycles. The van der Waals surface area contributed by atoms with Crippen molar-refractivity contribution in [1.29, 1.82) is 0 Å². The van der Waals surface area contributed by atoms with Crippen LogP contribution in [0.25, 0.3) is 0 Å². The van der Waals surface area contributed by atoms with Gasteiger partial charge in [-0.05, 0) is 49.9 Å². The lowest BCUT2D eigenvalue weighted by Crippen LogP contribution is -2.53. The Hall–Kier alpha value is -2.37. The quantitative estimate of drug-likeness (QED) is 0.809. The van der Waals surface area contributed by atoms with E-state index < -0.39 is 0 Å². The van der Waals surface area contributed by atoms with Gasteiger partial charge in [-0.1, -0.05) is 37.1 Å². The summed E-state index contributed by atoms with van der Waals surface area (Å²) < 4.78 is 5.41. The molecular formula is C25H32N2O3. The number of hydrogen-bond donors (Lipinski definition) is 1. The van der Waals surface area contributed by atoms with Crippen molar-refractivity contribution < 1.29 is 14.6 Å². The summed E-state index contributed by atoms with van der Waals surface area (Å²) in [7, 11) is 1.65. The number of anilines is 1. The molecule has 2 aromatic rings. The van der Waals surface area contributed by atoms with E-state index in [4.69, 9.17) is 4.74 Å². The van der Waals surface area contributed by atoms with Crippen LogP contribution in [0.15, 0.2) is 54.6 Å². The van der Waals surface area contributed by atoms with Crippen LogP contribution in [0.5, 0.6) is 5.75 Å². The summed E-state index contributed by atoms with van der Waals surface area (Å²) in [4.78, 5) is 17.9. The Morgan fingerprint density at radius 3 is 2.43 bits per heavy atom. The van der Waals surface area contributed by atoms with E-state index in [9.17, 15) is 9.90 Å². The third-order valence-corrected chi connectivity index (χ3v) is 6.60. The third-order valence-electron chi connectivity index (χ3n) is 6.60. The van der Waals surface area contributed by atoms with Crippen molar-refractivity contribution in [1.82, 2.24) is 4.90 Å². The molecule has 5 heteroatoms. The van der Waals surface area contributed by atoms with Crippen molar-refractivity contribution >= 4 is 11.6 Å². The molecule has 0 radical (unpaired) electrons. The summed E-state index contributed by atoms with van der Waals surface area (Å²) in [5.41, 5.74) is 1.57. The van der Waals surface area contributed by atoms with Gasteiger partial charge < -0.3 is 14.7 Å². The summed E-state index contributed by atoms with van der Waals surface area (Å²) in [5, 5.41) is 10.4. The number of carbonyl (C=O) groups excluding carboxylic acids is 1. The number of hydrogen-bond acceptors (Lipinski definition) is 4. The topological polar surface area (TPSA) is 53.0 Å². The van der Waals surface area contributed by atoms with Crippen molar-refractivity contribution in [3.63, 3.8) is 0 Å². The molecule has 1 amide bonds. The lowest BCUT2D eigenvalue weighted by molar-refractivity contribution is 0.00866. The van der Waals surface area contributed by atoms with E-state index in [-0.39, 0.29) is 24.1 Å². The van der Waals surface area contributed by atoms with E-state index in [2.05, 4.69) is 4.90 Å².